The SMILES string of the molecule is Cc1cccc(C(C)(C)CC(O)(Cc2c[nH]c3ccsc3c2=O)C(F)(F)F)c1OC(F)F. The maximum absolute atomic E-state index is 14.1. The van der Waals surface area contributed by atoms with Crippen molar-refractivity contribution >= 4 is 21.6 Å². The Bertz CT molecular complexity index is 1170. The minimum atomic E-state index is -5.09. The van der Waals surface area contributed by atoms with Gasteiger partial charge >= 0.3 is 12.8 Å². The van der Waals surface area contributed by atoms with E-state index in [0.29, 0.717) is 11.1 Å². The highest BCUT2D eigenvalue weighted by atomic mass is 32.1. The van der Waals surface area contributed by atoms with Crippen LogP contribution >= 0.6 is 11.3 Å². The van der Waals surface area contributed by atoms with Crippen LogP contribution in [0.1, 0.15) is 37.0 Å². The molecule has 32 heavy (non-hydrogen) atoms. The van der Waals surface area contributed by atoms with Crippen LogP contribution in [0.2, 0.25) is 0 Å². The Balaban J connectivity index is 2.04. The van der Waals surface area contributed by atoms with E-state index >= 15 is 0 Å². The zero-order chi connectivity index (χ0) is 23.9. The molecule has 0 amide bonds. The number of ether oxygens (including phenoxy) is 1. The molecule has 0 aliphatic heterocycles. The number of fused-ring (bicyclic) bond motifs is 1. The molecule has 0 spiro atoms. The number of hydrogen-bond donors (Lipinski definition) is 2. The molecular formula is C22H22F5NO3S. The van der Waals surface area contributed by atoms with Crippen molar-refractivity contribution in [1.82, 2.24) is 4.98 Å². The van der Waals surface area contributed by atoms with Gasteiger partial charge in [0.25, 0.3) is 0 Å². The number of nitrogens with one attached hydrogen (secondary N) is 1. The molecule has 1 atom stereocenters. The van der Waals surface area contributed by atoms with Crippen LogP contribution in [0, 0.1) is 6.92 Å². The third-order valence-corrected chi connectivity index (χ3v) is 6.37. The Labute approximate surface area is 184 Å². The van der Waals surface area contributed by atoms with Gasteiger partial charge in [0.15, 0.2) is 5.60 Å². The van der Waals surface area contributed by atoms with Gasteiger partial charge in [0.2, 0.25) is 5.43 Å². The number of pyridine rings is 1. The first-order valence-corrected chi connectivity index (χ1v) is 10.5. The van der Waals surface area contributed by atoms with Crippen molar-refractivity contribution in [2.45, 2.75) is 57.4 Å². The summed E-state index contributed by atoms with van der Waals surface area (Å²) in [6.45, 7) is 1.15. The van der Waals surface area contributed by atoms with Crippen LogP contribution in [0.3, 0.4) is 0 Å². The van der Waals surface area contributed by atoms with Crippen molar-refractivity contribution in [2.75, 3.05) is 0 Å². The minimum Gasteiger partial charge on any atom is -0.434 e. The standard InChI is InChI=1S/C22H22F5NO3S/c1-12-5-4-6-14(17(12)31-19(23)24)20(2,3)11-21(30,22(25,26)27)9-13-10-28-15-7-8-32-18(15)16(13)29/h4-8,10,19,30H,9,11H2,1-3H3,(H,28,29). The predicted molar refractivity (Wildman–Crippen MR) is 113 cm³/mol. The molecule has 3 aromatic rings. The summed E-state index contributed by atoms with van der Waals surface area (Å²) in [5, 5.41) is 12.5. The molecule has 0 aliphatic rings. The lowest BCUT2D eigenvalue weighted by Gasteiger charge is -2.38. The van der Waals surface area contributed by atoms with E-state index in [0.717, 1.165) is 11.3 Å². The van der Waals surface area contributed by atoms with Crippen molar-refractivity contribution in [3.63, 3.8) is 0 Å². The van der Waals surface area contributed by atoms with Gasteiger partial charge in [0, 0.05) is 23.7 Å². The maximum Gasteiger partial charge on any atom is 0.417 e. The van der Waals surface area contributed by atoms with E-state index in [1.54, 1.807) is 11.4 Å². The van der Waals surface area contributed by atoms with Crippen LogP contribution in [-0.2, 0) is 11.8 Å². The summed E-state index contributed by atoms with van der Waals surface area (Å²) in [4.78, 5) is 15.4. The first-order chi connectivity index (χ1) is 14.7. The second-order valence-electron chi connectivity index (χ2n) is 8.40. The molecular weight excluding hydrogens is 453 g/mol. The number of para-hydroxylation sites is 1. The first-order valence-electron chi connectivity index (χ1n) is 9.67. The number of thiophene rings is 1. The lowest BCUT2D eigenvalue weighted by molar-refractivity contribution is -0.266. The van der Waals surface area contributed by atoms with Gasteiger partial charge in [-0.3, -0.25) is 4.79 Å². The summed E-state index contributed by atoms with van der Waals surface area (Å²) in [6.07, 6.45) is -5.79. The van der Waals surface area contributed by atoms with Crippen LogP contribution in [0.5, 0.6) is 5.75 Å². The van der Waals surface area contributed by atoms with Gasteiger partial charge in [0.1, 0.15) is 5.75 Å². The molecule has 1 aromatic carbocycles. The van der Waals surface area contributed by atoms with Gasteiger partial charge in [-0.25, -0.2) is 0 Å². The van der Waals surface area contributed by atoms with Crippen molar-refractivity contribution in [1.29, 1.82) is 0 Å². The molecule has 0 aliphatic carbocycles. The van der Waals surface area contributed by atoms with E-state index < -0.39 is 42.1 Å². The Hall–Kier alpha value is -2.46. The number of aliphatic hydroxyl groups is 1. The van der Waals surface area contributed by atoms with Crippen LogP contribution < -0.4 is 10.2 Å². The number of benzene rings is 1. The van der Waals surface area contributed by atoms with Crippen molar-refractivity contribution in [2.24, 2.45) is 0 Å². The summed E-state index contributed by atoms with van der Waals surface area (Å²) >= 11 is 1.09. The molecule has 174 valence electrons. The summed E-state index contributed by atoms with van der Waals surface area (Å²) in [5.41, 5.74) is -4.61. The normalized spacial score (nSPS) is 14.7. The number of alkyl halides is 5. The minimum absolute atomic E-state index is 0.100. The van der Waals surface area contributed by atoms with E-state index in [-0.39, 0.29) is 21.6 Å². The smallest absolute Gasteiger partial charge is 0.417 e. The van der Waals surface area contributed by atoms with Gasteiger partial charge in [-0.05, 0) is 35.8 Å². The molecule has 10 heteroatoms. The first kappa shape index (κ1) is 24.2. The number of rotatable bonds is 7. The molecule has 2 aromatic heterocycles. The highest BCUT2D eigenvalue weighted by Crippen LogP contribution is 2.45. The topological polar surface area (TPSA) is 62.3 Å². The van der Waals surface area contributed by atoms with Gasteiger partial charge in [-0.15, -0.1) is 11.3 Å². The highest BCUT2D eigenvalue weighted by molar-refractivity contribution is 7.17. The summed E-state index contributed by atoms with van der Waals surface area (Å²) in [6, 6.07) is 6.05. The molecule has 0 radical (unpaired) electrons. The average Bonchev–Trinajstić information content (AvgIpc) is 3.13. The number of halogens is 5. The zero-order valence-corrected chi connectivity index (χ0v) is 18.3. The third kappa shape index (κ3) is 4.66. The fourth-order valence-corrected chi connectivity index (χ4v) is 4.77. The Morgan fingerprint density at radius 3 is 2.50 bits per heavy atom. The molecule has 4 nitrogen and oxygen atoms in total. The lowest BCUT2D eigenvalue weighted by Crippen LogP contribution is -2.51. The van der Waals surface area contributed by atoms with Crippen molar-refractivity contribution in [3.05, 3.63) is 62.8 Å². The highest BCUT2D eigenvalue weighted by Gasteiger charge is 2.56. The van der Waals surface area contributed by atoms with Gasteiger partial charge in [-0.1, -0.05) is 32.0 Å². The number of aromatic nitrogens is 1. The van der Waals surface area contributed by atoms with Crippen molar-refractivity contribution in [3.8, 4) is 5.75 Å². The second-order valence-corrected chi connectivity index (χ2v) is 9.32. The lowest BCUT2D eigenvalue weighted by atomic mass is 9.72. The average molecular weight is 475 g/mol. The van der Waals surface area contributed by atoms with E-state index in [9.17, 15) is 31.9 Å². The van der Waals surface area contributed by atoms with Gasteiger partial charge < -0.3 is 14.8 Å². The van der Waals surface area contributed by atoms with E-state index in [2.05, 4.69) is 9.72 Å². The zero-order valence-electron chi connectivity index (χ0n) is 17.5. The van der Waals surface area contributed by atoms with Gasteiger partial charge in [0.05, 0.1) is 10.2 Å². The largest absolute Gasteiger partial charge is 0.434 e. The molecule has 2 N–H and O–H groups in total. The Kier molecular flexibility index (Phi) is 6.41. The molecule has 0 bridgehead atoms. The number of aryl methyl sites for hydroxylation is 1. The van der Waals surface area contributed by atoms with Gasteiger partial charge in [-0.2, -0.15) is 22.0 Å². The fourth-order valence-electron chi connectivity index (χ4n) is 3.94. The Morgan fingerprint density at radius 1 is 1.19 bits per heavy atom. The summed E-state index contributed by atoms with van der Waals surface area (Å²) in [7, 11) is 0. The summed E-state index contributed by atoms with van der Waals surface area (Å²) in [5.74, 6) is -0.227. The monoisotopic (exact) mass is 475 g/mol. The molecule has 2 heterocycles. The van der Waals surface area contributed by atoms with Crippen LogP contribution in [0.25, 0.3) is 10.2 Å². The molecule has 3 rings (SSSR count). The maximum atomic E-state index is 14.1. The fraction of sp³-hybridized carbons (Fsp3) is 0.409. The molecule has 0 fully saturated rings. The quantitative estimate of drug-likeness (QED) is 0.431. The van der Waals surface area contributed by atoms with Crippen LogP contribution in [-0.4, -0.2) is 28.5 Å². The Morgan fingerprint density at radius 2 is 1.88 bits per heavy atom. The molecule has 0 saturated heterocycles. The number of hydrogen-bond acceptors (Lipinski definition) is 4. The number of H-pyrrole nitrogens is 1. The van der Waals surface area contributed by atoms with Crippen molar-refractivity contribution < 1.29 is 31.8 Å². The third-order valence-electron chi connectivity index (χ3n) is 5.46. The van der Waals surface area contributed by atoms with Crippen LogP contribution in [0.15, 0.2) is 40.6 Å². The van der Waals surface area contributed by atoms with Crippen LogP contribution in [0.4, 0.5) is 22.0 Å². The number of aromatic amines is 1. The second kappa shape index (κ2) is 8.47. The van der Waals surface area contributed by atoms with E-state index in [1.807, 2.05) is 0 Å². The molecule has 1 unspecified atom stereocenters. The van der Waals surface area contributed by atoms with E-state index in [4.69, 9.17) is 0 Å². The molecule has 0 saturated carbocycles. The predicted octanol–water partition coefficient (Wildman–Crippen LogP) is 5.70. The van der Waals surface area contributed by atoms with E-state index in [1.165, 1.54) is 45.2 Å². The summed E-state index contributed by atoms with van der Waals surface area (Å²) < 4.78 is 73.0.